The van der Waals surface area contributed by atoms with Gasteiger partial charge in [-0.25, -0.2) is 4.68 Å². The number of nitrogens with zero attached hydrogens (tertiary/aromatic N) is 2. The van der Waals surface area contributed by atoms with Crippen LogP contribution in [0.4, 0.5) is 5.69 Å². The van der Waals surface area contributed by atoms with Gasteiger partial charge >= 0.3 is 0 Å². The number of nitrogens with one attached hydrogen (secondary N) is 1. The number of hydrogen-bond donors (Lipinski definition) is 1. The van der Waals surface area contributed by atoms with Gasteiger partial charge in [-0.1, -0.05) is 43.3 Å². The second kappa shape index (κ2) is 7.35. The lowest BCUT2D eigenvalue weighted by Crippen LogP contribution is -2.27. The van der Waals surface area contributed by atoms with Gasteiger partial charge in [-0.05, 0) is 43.5 Å². The Balaban J connectivity index is 2.02. The molecule has 5 nitrogen and oxygen atoms in total. The van der Waals surface area contributed by atoms with E-state index in [2.05, 4.69) is 10.4 Å². The number of rotatable bonds is 4. The van der Waals surface area contributed by atoms with Crippen LogP contribution in [0.3, 0.4) is 0 Å². The van der Waals surface area contributed by atoms with Crippen LogP contribution in [0.5, 0.6) is 0 Å². The van der Waals surface area contributed by atoms with E-state index in [0.717, 1.165) is 28.9 Å². The fourth-order valence-electron chi connectivity index (χ4n) is 2.91. The van der Waals surface area contributed by atoms with Crippen molar-refractivity contribution in [3.05, 3.63) is 87.3 Å². The normalized spacial score (nSPS) is 10.6. The molecule has 5 heteroatoms. The molecular formula is C21H21N3O2. The van der Waals surface area contributed by atoms with E-state index < -0.39 is 5.91 Å². The lowest BCUT2D eigenvalue weighted by molar-refractivity contribution is 0.101. The lowest BCUT2D eigenvalue weighted by atomic mass is 10.1. The molecule has 3 aromatic rings. The van der Waals surface area contributed by atoms with E-state index in [9.17, 15) is 9.59 Å². The summed E-state index contributed by atoms with van der Waals surface area (Å²) in [5.74, 6) is -0.497. The number of carbonyl (C=O) groups excluding carboxylic acids is 1. The predicted molar refractivity (Wildman–Crippen MR) is 103 cm³/mol. The first-order valence-electron chi connectivity index (χ1n) is 8.57. The molecule has 1 aromatic heterocycles. The predicted octanol–water partition coefficient (Wildman–Crippen LogP) is 3.66. The molecular weight excluding hydrogens is 326 g/mol. The molecule has 1 heterocycles. The topological polar surface area (TPSA) is 64.0 Å². The fraction of sp³-hybridized carbons (Fsp3) is 0.190. The molecule has 0 radical (unpaired) electrons. The first-order chi connectivity index (χ1) is 12.5. The maximum atomic E-state index is 12.8. The number of benzene rings is 2. The van der Waals surface area contributed by atoms with Crippen LogP contribution in [0.2, 0.25) is 0 Å². The van der Waals surface area contributed by atoms with Gasteiger partial charge in [0.25, 0.3) is 5.91 Å². The van der Waals surface area contributed by atoms with Crippen molar-refractivity contribution in [3.8, 4) is 5.69 Å². The summed E-state index contributed by atoms with van der Waals surface area (Å²) in [6.45, 7) is 5.75. The molecule has 0 saturated carbocycles. The van der Waals surface area contributed by atoms with Crippen LogP contribution in [-0.4, -0.2) is 15.7 Å². The van der Waals surface area contributed by atoms with Crippen molar-refractivity contribution in [2.24, 2.45) is 0 Å². The first-order valence-corrected chi connectivity index (χ1v) is 8.57. The molecule has 0 bridgehead atoms. The maximum Gasteiger partial charge on any atom is 0.280 e. The Morgan fingerprint density at radius 3 is 2.50 bits per heavy atom. The zero-order valence-electron chi connectivity index (χ0n) is 15.1. The maximum absolute atomic E-state index is 12.8. The summed E-state index contributed by atoms with van der Waals surface area (Å²) in [5.41, 5.74) is 3.67. The number of hydrogen-bond acceptors (Lipinski definition) is 3. The molecule has 1 N–H and O–H groups in total. The Hall–Kier alpha value is -3.21. The molecule has 0 atom stereocenters. The number of anilines is 1. The van der Waals surface area contributed by atoms with Gasteiger partial charge in [0, 0.05) is 17.4 Å². The molecule has 0 aliphatic rings. The van der Waals surface area contributed by atoms with Gasteiger partial charge in [0.2, 0.25) is 5.43 Å². The van der Waals surface area contributed by atoms with E-state index in [4.69, 9.17) is 0 Å². The highest BCUT2D eigenvalue weighted by atomic mass is 16.2. The zero-order valence-corrected chi connectivity index (χ0v) is 15.1. The van der Waals surface area contributed by atoms with Crippen molar-refractivity contribution in [2.45, 2.75) is 27.2 Å². The molecule has 0 aliphatic heterocycles. The van der Waals surface area contributed by atoms with Gasteiger partial charge in [0.1, 0.15) is 0 Å². The Kier molecular flexibility index (Phi) is 4.98. The van der Waals surface area contributed by atoms with Crippen LogP contribution < -0.4 is 10.7 Å². The lowest BCUT2D eigenvalue weighted by Gasteiger charge is -2.14. The Bertz CT molecular complexity index is 1010. The van der Waals surface area contributed by atoms with Crippen molar-refractivity contribution < 1.29 is 4.79 Å². The van der Waals surface area contributed by atoms with Gasteiger partial charge in [-0.2, -0.15) is 5.10 Å². The molecule has 0 spiro atoms. The van der Waals surface area contributed by atoms with Gasteiger partial charge in [0.15, 0.2) is 5.69 Å². The summed E-state index contributed by atoms with van der Waals surface area (Å²) < 4.78 is 1.61. The van der Waals surface area contributed by atoms with Crippen molar-refractivity contribution in [1.82, 2.24) is 9.78 Å². The Morgan fingerprint density at radius 2 is 1.81 bits per heavy atom. The van der Waals surface area contributed by atoms with Crippen LogP contribution in [0.1, 0.15) is 34.2 Å². The van der Waals surface area contributed by atoms with E-state index in [1.165, 1.54) is 6.07 Å². The van der Waals surface area contributed by atoms with Gasteiger partial charge < -0.3 is 5.32 Å². The zero-order chi connectivity index (χ0) is 18.7. The molecule has 0 saturated heterocycles. The van der Waals surface area contributed by atoms with Crippen molar-refractivity contribution in [3.63, 3.8) is 0 Å². The van der Waals surface area contributed by atoms with Crippen LogP contribution in [-0.2, 0) is 6.42 Å². The summed E-state index contributed by atoms with van der Waals surface area (Å²) in [6.07, 6.45) is 0.785. The number of aromatic nitrogens is 2. The molecule has 0 unspecified atom stereocenters. The van der Waals surface area contributed by atoms with Crippen LogP contribution >= 0.6 is 0 Å². The second-order valence-corrected chi connectivity index (χ2v) is 6.16. The van der Waals surface area contributed by atoms with Crippen molar-refractivity contribution >= 4 is 11.6 Å². The number of amides is 1. The van der Waals surface area contributed by atoms with Crippen LogP contribution in [0, 0.1) is 13.8 Å². The molecule has 0 fully saturated rings. The number of carbonyl (C=O) groups is 1. The average Bonchev–Trinajstić information content (AvgIpc) is 2.64. The van der Waals surface area contributed by atoms with Gasteiger partial charge in [-0.3, -0.25) is 9.59 Å². The Morgan fingerprint density at radius 1 is 1.08 bits per heavy atom. The van der Waals surface area contributed by atoms with Crippen molar-refractivity contribution in [2.75, 3.05) is 5.32 Å². The summed E-state index contributed by atoms with van der Waals surface area (Å²) in [6, 6.07) is 16.7. The minimum Gasteiger partial charge on any atom is -0.320 e. The Labute approximate surface area is 152 Å². The minimum atomic E-state index is -0.497. The number of aryl methyl sites for hydroxylation is 3. The standard InChI is InChI=1S/C21H21N3O2/c1-4-16-10-8-9-14(2)19(16)22-21(26)20-18(25)13-15(3)24(23-20)17-11-6-5-7-12-17/h5-13H,4H2,1-3H3,(H,22,26). The summed E-state index contributed by atoms with van der Waals surface area (Å²) in [7, 11) is 0. The second-order valence-electron chi connectivity index (χ2n) is 6.16. The first kappa shape index (κ1) is 17.6. The quantitative estimate of drug-likeness (QED) is 0.783. The molecule has 2 aromatic carbocycles. The minimum absolute atomic E-state index is 0.121. The molecule has 1 amide bonds. The number of para-hydroxylation sites is 2. The summed E-state index contributed by atoms with van der Waals surface area (Å²) in [4.78, 5) is 25.1. The SMILES string of the molecule is CCc1cccc(C)c1NC(=O)c1nn(-c2ccccc2)c(C)cc1=O. The molecule has 132 valence electrons. The van der Waals surface area contributed by atoms with Gasteiger partial charge in [-0.15, -0.1) is 0 Å². The molecule has 26 heavy (non-hydrogen) atoms. The third-order valence-electron chi connectivity index (χ3n) is 4.30. The third-order valence-corrected chi connectivity index (χ3v) is 4.30. The van der Waals surface area contributed by atoms with E-state index in [0.29, 0.717) is 5.69 Å². The van der Waals surface area contributed by atoms with Gasteiger partial charge in [0.05, 0.1) is 5.69 Å². The highest BCUT2D eigenvalue weighted by Crippen LogP contribution is 2.21. The molecule has 3 rings (SSSR count). The average molecular weight is 347 g/mol. The third kappa shape index (κ3) is 3.42. The van der Waals surface area contributed by atoms with E-state index in [-0.39, 0.29) is 11.1 Å². The van der Waals surface area contributed by atoms with Crippen LogP contribution in [0.25, 0.3) is 5.69 Å². The van der Waals surface area contributed by atoms with E-state index >= 15 is 0 Å². The fourth-order valence-corrected chi connectivity index (χ4v) is 2.91. The highest BCUT2D eigenvalue weighted by Gasteiger charge is 2.17. The highest BCUT2D eigenvalue weighted by molar-refractivity contribution is 6.03. The summed E-state index contributed by atoms with van der Waals surface area (Å²) in [5, 5.41) is 7.19. The van der Waals surface area contributed by atoms with Crippen LogP contribution in [0.15, 0.2) is 59.4 Å². The monoisotopic (exact) mass is 347 g/mol. The van der Waals surface area contributed by atoms with E-state index in [1.807, 2.05) is 62.4 Å². The smallest absolute Gasteiger partial charge is 0.280 e. The summed E-state index contributed by atoms with van der Waals surface area (Å²) >= 11 is 0. The van der Waals surface area contributed by atoms with Crippen molar-refractivity contribution in [1.29, 1.82) is 0 Å². The largest absolute Gasteiger partial charge is 0.320 e. The van der Waals surface area contributed by atoms with E-state index in [1.54, 1.807) is 11.6 Å². The molecule has 0 aliphatic carbocycles.